The molecule has 0 aliphatic heterocycles. The second-order valence-corrected chi connectivity index (χ2v) is 6.40. The van der Waals surface area contributed by atoms with Gasteiger partial charge in [-0.25, -0.2) is 4.99 Å². The first kappa shape index (κ1) is 19.8. The van der Waals surface area contributed by atoms with Crippen LogP contribution in [0.5, 0.6) is 0 Å². The molecule has 2 aromatic rings. The van der Waals surface area contributed by atoms with E-state index >= 15 is 0 Å². The standard InChI is InChI=1S/C19H26N4O.HI/c1-3-13(4-2)18-11-17(24-23-18)12-21-19(20)22-16-9-8-14-6-5-7-15(14)10-16;/h8-11,13H,3-7,12H2,1-2H3,(H3,20,21,22);1H. The number of anilines is 1. The maximum atomic E-state index is 5.99. The number of rotatable bonds is 6. The van der Waals surface area contributed by atoms with Crippen LogP contribution >= 0.6 is 24.0 Å². The fourth-order valence-electron chi connectivity index (χ4n) is 3.30. The van der Waals surface area contributed by atoms with E-state index in [1.54, 1.807) is 0 Å². The Morgan fingerprint density at radius 2 is 2.00 bits per heavy atom. The molecular weight excluding hydrogens is 427 g/mol. The molecular formula is C19H27IN4O. The molecule has 1 aromatic heterocycles. The van der Waals surface area contributed by atoms with E-state index in [1.165, 1.54) is 24.0 Å². The molecule has 25 heavy (non-hydrogen) atoms. The number of nitrogens with two attached hydrogens (primary N) is 1. The highest BCUT2D eigenvalue weighted by Gasteiger charge is 2.13. The van der Waals surface area contributed by atoms with Crippen LogP contribution in [0, 0.1) is 0 Å². The van der Waals surface area contributed by atoms with Gasteiger partial charge in [0.25, 0.3) is 0 Å². The maximum absolute atomic E-state index is 5.99. The van der Waals surface area contributed by atoms with Crippen LogP contribution in [0.15, 0.2) is 33.8 Å². The highest BCUT2D eigenvalue weighted by atomic mass is 127. The van der Waals surface area contributed by atoms with Gasteiger partial charge in [0.05, 0.1) is 5.69 Å². The zero-order valence-corrected chi connectivity index (χ0v) is 17.2. The summed E-state index contributed by atoms with van der Waals surface area (Å²) in [5.74, 6) is 1.59. The number of fused-ring (bicyclic) bond motifs is 1. The molecule has 0 spiro atoms. The number of nitrogens with zero attached hydrogens (tertiary/aromatic N) is 2. The summed E-state index contributed by atoms with van der Waals surface area (Å²) in [5, 5.41) is 7.31. The summed E-state index contributed by atoms with van der Waals surface area (Å²) in [6.07, 6.45) is 5.70. The first-order valence-electron chi connectivity index (χ1n) is 8.83. The van der Waals surface area contributed by atoms with Gasteiger partial charge in [-0.15, -0.1) is 24.0 Å². The molecule has 0 fully saturated rings. The first-order chi connectivity index (χ1) is 11.7. The molecule has 5 nitrogen and oxygen atoms in total. The lowest BCUT2D eigenvalue weighted by atomic mass is 9.99. The maximum Gasteiger partial charge on any atom is 0.193 e. The molecule has 1 aliphatic carbocycles. The lowest BCUT2D eigenvalue weighted by molar-refractivity contribution is 0.372. The van der Waals surface area contributed by atoms with Crippen molar-refractivity contribution >= 4 is 35.6 Å². The Bertz CT molecular complexity index is 722. The van der Waals surface area contributed by atoms with E-state index in [-0.39, 0.29) is 24.0 Å². The summed E-state index contributed by atoms with van der Waals surface area (Å²) in [7, 11) is 0. The van der Waals surface area contributed by atoms with Crippen molar-refractivity contribution in [2.75, 3.05) is 5.32 Å². The van der Waals surface area contributed by atoms with Crippen molar-refractivity contribution in [1.29, 1.82) is 0 Å². The Labute approximate surface area is 166 Å². The van der Waals surface area contributed by atoms with Gasteiger partial charge >= 0.3 is 0 Å². The number of hydrogen-bond acceptors (Lipinski definition) is 3. The average molecular weight is 454 g/mol. The molecule has 0 amide bonds. The zero-order chi connectivity index (χ0) is 16.9. The fourth-order valence-corrected chi connectivity index (χ4v) is 3.30. The van der Waals surface area contributed by atoms with Crippen LogP contribution in [0.1, 0.15) is 61.6 Å². The summed E-state index contributed by atoms with van der Waals surface area (Å²) < 4.78 is 5.37. The minimum atomic E-state index is 0. The molecule has 1 aromatic carbocycles. The van der Waals surface area contributed by atoms with E-state index in [4.69, 9.17) is 10.3 Å². The zero-order valence-electron chi connectivity index (χ0n) is 14.9. The highest BCUT2D eigenvalue weighted by Crippen LogP contribution is 2.25. The van der Waals surface area contributed by atoms with E-state index in [1.807, 2.05) is 6.07 Å². The molecule has 6 heteroatoms. The summed E-state index contributed by atoms with van der Waals surface area (Å²) in [6, 6.07) is 8.40. The Hall–Kier alpha value is -1.57. The van der Waals surface area contributed by atoms with Crippen molar-refractivity contribution < 1.29 is 4.52 Å². The fraction of sp³-hybridized carbons (Fsp3) is 0.474. The Morgan fingerprint density at radius 1 is 1.24 bits per heavy atom. The third kappa shape index (κ3) is 4.96. The van der Waals surface area contributed by atoms with Crippen molar-refractivity contribution in [2.24, 2.45) is 10.7 Å². The lowest BCUT2D eigenvalue weighted by Gasteiger charge is -2.07. The van der Waals surface area contributed by atoms with Gasteiger partial charge in [0.2, 0.25) is 0 Å². The predicted octanol–water partition coefficient (Wildman–Crippen LogP) is 4.61. The smallest absolute Gasteiger partial charge is 0.193 e. The van der Waals surface area contributed by atoms with Gasteiger partial charge in [0, 0.05) is 17.7 Å². The Morgan fingerprint density at radius 3 is 2.76 bits per heavy atom. The van der Waals surface area contributed by atoms with E-state index < -0.39 is 0 Å². The molecule has 0 atom stereocenters. The second-order valence-electron chi connectivity index (χ2n) is 6.40. The number of benzene rings is 1. The van der Waals surface area contributed by atoms with Crippen LogP contribution in [-0.4, -0.2) is 11.1 Å². The lowest BCUT2D eigenvalue weighted by Crippen LogP contribution is -2.22. The number of aryl methyl sites for hydroxylation is 2. The van der Waals surface area contributed by atoms with Crippen molar-refractivity contribution in [1.82, 2.24) is 5.16 Å². The summed E-state index contributed by atoms with van der Waals surface area (Å²) >= 11 is 0. The Balaban J connectivity index is 0.00000225. The Kier molecular flexibility index (Phi) is 7.28. The van der Waals surface area contributed by atoms with Crippen LogP contribution in [0.4, 0.5) is 5.69 Å². The van der Waals surface area contributed by atoms with Gasteiger partial charge in [-0.05, 0) is 55.4 Å². The van der Waals surface area contributed by atoms with E-state index in [9.17, 15) is 0 Å². The van der Waals surface area contributed by atoms with E-state index in [2.05, 4.69) is 47.5 Å². The molecule has 0 bridgehead atoms. The minimum Gasteiger partial charge on any atom is -0.370 e. The molecule has 3 rings (SSSR count). The van der Waals surface area contributed by atoms with Crippen molar-refractivity contribution in [3.8, 4) is 0 Å². The van der Waals surface area contributed by atoms with Crippen LogP contribution in [-0.2, 0) is 19.4 Å². The molecule has 1 aliphatic rings. The predicted molar refractivity (Wildman–Crippen MR) is 113 cm³/mol. The van der Waals surface area contributed by atoms with Gasteiger partial charge in [-0.3, -0.25) is 0 Å². The first-order valence-corrected chi connectivity index (χ1v) is 8.83. The summed E-state index contributed by atoms with van der Waals surface area (Å²) in [5.41, 5.74) is 10.9. The van der Waals surface area contributed by atoms with Crippen LogP contribution in [0.3, 0.4) is 0 Å². The number of nitrogens with one attached hydrogen (secondary N) is 1. The number of hydrogen-bond donors (Lipinski definition) is 2. The quantitative estimate of drug-likeness (QED) is 0.380. The third-order valence-corrected chi connectivity index (χ3v) is 4.76. The van der Waals surface area contributed by atoms with E-state index in [0.717, 1.165) is 36.4 Å². The van der Waals surface area contributed by atoms with Crippen LogP contribution < -0.4 is 11.1 Å². The van der Waals surface area contributed by atoms with Crippen LogP contribution in [0.25, 0.3) is 0 Å². The SMILES string of the molecule is CCC(CC)c1cc(CN=C(N)Nc2ccc3c(c2)CCC3)on1.I. The minimum absolute atomic E-state index is 0. The van der Waals surface area contributed by atoms with Crippen LogP contribution in [0.2, 0.25) is 0 Å². The number of halogens is 1. The largest absolute Gasteiger partial charge is 0.370 e. The van der Waals surface area contributed by atoms with E-state index in [0.29, 0.717) is 18.4 Å². The summed E-state index contributed by atoms with van der Waals surface area (Å²) in [4.78, 5) is 4.36. The molecule has 0 unspecified atom stereocenters. The van der Waals surface area contributed by atoms with Crippen molar-refractivity contribution in [3.63, 3.8) is 0 Å². The van der Waals surface area contributed by atoms with Gasteiger partial charge in [-0.1, -0.05) is 25.1 Å². The van der Waals surface area contributed by atoms with Gasteiger partial charge < -0.3 is 15.6 Å². The number of guanidine groups is 1. The average Bonchev–Trinajstić information content (AvgIpc) is 3.23. The van der Waals surface area contributed by atoms with Gasteiger partial charge in [0.1, 0.15) is 6.54 Å². The molecule has 0 radical (unpaired) electrons. The molecule has 0 saturated carbocycles. The summed E-state index contributed by atoms with van der Waals surface area (Å²) in [6.45, 7) is 4.73. The van der Waals surface area contributed by atoms with Gasteiger partial charge in [0.15, 0.2) is 11.7 Å². The topological polar surface area (TPSA) is 76.4 Å². The second kappa shape index (κ2) is 9.22. The monoisotopic (exact) mass is 454 g/mol. The molecule has 136 valence electrons. The molecule has 1 heterocycles. The molecule has 3 N–H and O–H groups in total. The van der Waals surface area contributed by atoms with Crippen molar-refractivity contribution in [2.45, 2.75) is 58.4 Å². The molecule has 0 saturated heterocycles. The normalized spacial score (nSPS) is 13.6. The van der Waals surface area contributed by atoms with Gasteiger partial charge in [-0.2, -0.15) is 0 Å². The highest BCUT2D eigenvalue weighted by molar-refractivity contribution is 14.0. The van der Waals surface area contributed by atoms with Crippen molar-refractivity contribution in [3.05, 3.63) is 46.8 Å². The third-order valence-electron chi connectivity index (χ3n) is 4.76. The number of aromatic nitrogens is 1. The number of aliphatic imine (C=N–C) groups is 1.